The summed E-state index contributed by atoms with van der Waals surface area (Å²) in [6, 6.07) is 0. The van der Waals surface area contributed by atoms with Crippen molar-refractivity contribution in [3.8, 4) is 0 Å². The molecule has 0 aliphatic rings. The highest BCUT2D eigenvalue weighted by Gasteiger charge is 2.15. The zero-order valence-electron chi connectivity index (χ0n) is 11.1. The average Bonchev–Trinajstić information content (AvgIpc) is 2.70. The number of nitrogens with zero attached hydrogens (tertiary/aromatic N) is 1. The van der Waals surface area contributed by atoms with Crippen molar-refractivity contribution in [1.82, 2.24) is 15.5 Å². The molecule has 0 aromatic carbocycles. The molecule has 1 amide bonds. The van der Waals surface area contributed by atoms with Gasteiger partial charge in [-0.05, 0) is 20.8 Å². The highest BCUT2D eigenvalue weighted by atomic mass is 16.6. The Morgan fingerprint density at radius 1 is 1.53 bits per heavy atom. The van der Waals surface area contributed by atoms with E-state index in [2.05, 4.69) is 15.5 Å². The summed E-state index contributed by atoms with van der Waals surface area (Å²) in [6.45, 7) is 5.55. The van der Waals surface area contributed by atoms with Crippen LogP contribution in [0.25, 0.3) is 6.08 Å². The average molecular weight is 267 g/mol. The molecule has 0 aliphatic heterocycles. The molecule has 0 fully saturated rings. The second-order valence-electron chi connectivity index (χ2n) is 4.79. The third-order valence-electron chi connectivity index (χ3n) is 1.94. The third-order valence-corrected chi connectivity index (χ3v) is 1.94. The molecule has 0 aliphatic carbocycles. The number of aromatic nitrogens is 2. The molecule has 19 heavy (non-hydrogen) atoms. The smallest absolute Gasteiger partial charge is 0.407 e. The molecule has 1 heterocycles. The van der Waals surface area contributed by atoms with Crippen molar-refractivity contribution in [3.05, 3.63) is 23.5 Å². The number of hydrogen-bond donors (Lipinski definition) is 3. The molecule has 3 N–H and O–H groups in total. The van der Waals surface area contributed by atoms with Crippen LogP contribution < -0.4 is 5.32 Å². The summed E-state index contributed by atoms with van der Waals surface area (Å²) in [5.74, 6) is -1.09. The second-order valence-corrected chi connectivity index (χ2v) is 4.79. The van der Waals surface area contributed by atoms with Crippen molar-refractivity contribution in [2.75, 3.05) is 6.54 Å². The van der Waals surface area contributed by atoms with Gasteiger partial charge < -0.3 is 15.2 Å². The summed E-state index contributed by atoms with van der Waals surface area (Å²) in [4.78, 5) is 22.1. The van der Waals surface area contributed by atoms with E-state index in [1.807, 2.05) is 0 Å². The molecule has 0 atom stereocenters. The number of rotatable bonds is 4. The maximum atomic E-state index is 11.3. The predicted molar refractivity (Wildman–Crippen MR) is 68.8 cm³/mol. The fraction of sp³-hybridized carbons (Fsp3) is 0.417. The van der Waals surface area contributed by atoms with Crippen LogP contribution in [0, 0.1) is 0 Å². The Bertz CT molecular complexity index is 485. The Hall–Kier alpha value is -2.31. The first-order valence-corrected chi connectivity index (χ1v) is 5.69. The summed E-state index contributed by atoms with van der Waals surface area (Å²) in [7, 11) is 0. The first kappa shape index (κ1) is 14.7. The lowest BCUT2D eigenvalue weighted by Crippen LogP contribution is -2.32. The second kappa shape index (κ2) is 6.03. The molecule has 1 aromatic heterocycles. The van der Waals surface area contributed by atoms with Crippen LogP contribution in [-0.2, 0) is 4.74 Å². The van der Waals surface area contributed by atoms with Crippen molar-refractivity contribution in [2.45, 2.75) is 26.4 Å². The number of H-pyrrole nitrogens is 1. The van der Waals surface area contributed by atoms with Crippen LogP contribution >= 0.6 is 0 Å². The SMILES string of the molecule is CC(C)(C)OC(=O)NCC=Cc1cn[nH]c1C(=O)O. The molecule has 1 aromatic rings. The third kappa shape index (κ3) is 5.24. The first-order valence-electron chi connectivity index (χ1n) is 5.69. The maximum absolute atomic E-state index is 11.3. The van der Waals surface area contributed by atoms with E-state index in [-0.39, 0.29) is 12.2 Å². The number of carboxylic acids is 1. The van der Waals surface area contributed by atoms with Crippen LogP contribution in [0.15, 0.2) is 12.3 Å². The van der Waals surface area contributed by atoms with Crippen molar-refractivity contribution in [3.63, 3.8) is 0 Å². The standard InChI is InChI=1S/C12H17N3O4/c1-12(2,3)19-11(18)13-6-4-5-8-7-14-15-9(8)10(16)17/h4-5,7H,6H2,1-3H3,(H,13,18)(H,14,15)(H,16,17). The number of carbonyl (C=O) groups is 2. The van der Waals surface area contributed by atoms with Gasteiger partial charge in [0.1, 0.15) is 5.60 Å². The van der Waals surface area contributed by atoms with E-state index in [0.717, 1.165) is 0 Å². The lowest BCUT2D eigenvalue weighted by atomic mass is 10.2. The minimum atomic E-state index is -1.09. The van der Waals surface area contributed by atoms with E-state index in [1.54, 1.807) is 32.9 Å². The van der Waals surface area contributed by atoms with Gasteiger partial charge in [-0.3, -0.25) is 5.10 Å². The summed E-state index contributed by atoms with van der Waals surface area (Å²) >= 11 is 0. The summed E-state index contributed by atoms with van der Waals surface area (Å²) < 4.78 is 5.04. The van der Waals surface area contributed by atoms with Gasteiger partial charge in [0.05, 0.1) is 6.20 Å². The van der Waals surface area contributed by atoms with Gasteiger partial charge >= 0.3 is 12.1 Å². The quantitative estimate of drug-likeness (QED) is 0.769. The molecule has 0 saturated heterocycles. The summed E-state index contributed by atoms with van der Waals surface area (Å²) in [5.41, 5.74) is -0.0959. The Labute approximate surface area is 110 Å². The van der Waals surface area contributed by atoms with Gasteiger partial charge in [0.2, 0.25) is 0 Å². The Balaban J connectivity index is 2.45. The Morgan fingerprint density at radius 3 is 2.79 bits per heavy atom. The molecule has 0 unspecified atom stereocenters. The molecule has 104 valence electrons. The molecular formula is C12H17N3O4. The van der Waals surface area contributed by atoms with E-state index in [1.165, 1.54) is 6.20 Å². The lowest BCUT2D eigenvalue weighted by Gasteiger charge is -2.19. The topological polar surface area (TPSA) is 104 Å². The molecule has 1 rings (SSSR count). The van der Waals surface area contributed by atoms with Crippen LogP contribution in [0.4, 0.5) is 4.79 Å². The zero-order chi connectivity index (χ0) is 14.5. The van der Waals surface area contributed by atoms with Crippen molar-refractivity contribution >= 4 is 18.1 Å². The largest absolute Gasteiger partial charge is 0.477 e. The number of hydrogen-bond acceptors (Lipinski definition) is 4. The van der Waals surface area contributed by atoms with Crippen LogP contribution in [0.3, 0.4) is 0 Å². The van der Waals surface area contributed by atoms with Crippen LogP contribution in [-0.4, -0.2) is 39.5 Å². The lowest BCUT2D eigenvalue weighted by molar-refractivity contribution is 0.0533. The minimum absolute atomic E-state index is 0.00789. The number of alkyl carbamates (subject to hydrolysis) is 1. The monoisotopic (exact) mass is 267 g/mol. The molecule has 7 heteroatoms. The number of aromatic amines is 1. The van der Waals surface area contributed by atoms with Crippen molar-refractivity contribution in [1.29, 1.82) is 0 Å². The van der Waals surface area contributed by atoms with Gasteiger partial charge in [0, 0.05) is 12.1 Å². The molecule has 0 saturated carbocycles. The van der Waals surface area contributed by atoms with Crippen LogP contribution in [0.5, 0.6) is 0 Å². The molecule has 7 nitrogen and oxygen atoms in total. The fourth-order valence-corrected chi connectivity index (χ4v) is 1.24. The van der Waals surface area contributed by atoms with E-state index < -0.39 is 17.7 Å². The molecule has 0 bridgehead atoms. The minimum Gasteiger partial charge on any atom is -0.477 e. The van der Waals surface area contributed by atoms with Gasteiger partial charge in [-0.1, -0.05) is 12.2 Å². The number of carboxylic acid groups (broad SMARTS) is 1. The number of carbonyl (C=O) groups excluding carboxylic acids is 1. The van der Waals surface area contributed by atoms with Crippen LogP contribution in [0.1, 0.15) is 36.8 Å². The van der Waals surface area contributed by atoms with Gasteiger partial charge in [-0.15, -0.1) is 0 Å². The highest BCUT2D eigenvalue weighted by Crippen LogP contribution is 2.07. The predicted octanol–water partition coefficient (Wildman–Crippen LogP) is 1.65. The van der Waals surface area contributed by atoms with Crippen molar-refractivity contribution < 1.29 is 19.4 Å². The van der Waals surface area contributed by atoms with Gasteiger partial charge in [-0.25, -0.2) is 9.59 Å². The normalized spacial score (nSPS) is 11.5. The number of nitrogens with one attached hydrogen (secondary N) is 2. The van der Waals surface area contributed by atoms with E-state index in [0.29, 0.717) is 5.56 Å². The van der Waals surface area contributed by atoms with Gasteiger partial charge in [0.25, 0.3) is 0 Å². The summed E-state index contributed by atoms with van der Waals surface area (Å²) in [6.07, 6.45) is 4.04. The maximum Gasteiger partial charge on any atom is 0.407 e. The van der Waals surface area contributed by atoms with E-state index >= 15 is 0 Å². The fourth-order valence-electron chi connectivity index (χ4n) is 1.24. The number of amides is 1. The highest BCUT2D eigenvalue weighted by molar-refractivity contribution is 5.89. The Kier molecular flexibility index (Phi) is 4.68. The number of ether oxygens (including phenoxy) is 1. The van der Waals surface area contributed by atoms with E-state index in [4.69, 9.17) is 9.84 Å². The first-order chi connectivity index (χ1) is 8.79. The number of aromatic carboxylic acids is 1. The molecule has 0 radical (unpaired) electrons. The van der Waals surface area contributed by atoms with Crippen molar-refractivity contribution in [2.24, 2.45) is 0 Å². The summed E-state index contributed by atoms with van der Waals surface area (Å²) in [5, 5.41) is 17.4. The van der Waals surface area contributed by atoms with Gasteiger partial charge in [0.15, 0.2) is 5.69 Å². The van der Waals surface area contributed by atoms with Crippen LogP contribution in [0.2, 0.25) is 0 Å². The van der Waals surface area contributed by atoms with E-state index in [9.17, 15) is 9.59 Å². The zero-order valence-corrected chi connectivity index (χ0v) is 11.1. The molecular weight excluding hydrogens is 250 g/mol. The molecule has 0 spiro atoms. The van der Waals surface area contributed by atoms with Gasteiger partial charge in [-0.2, -0.15) is 5.10 Å². The Morgan fingerprint density at radius 2 is 2.21 bits per heavy atom.